The van der Waals surface area contributed by atoms with E-state index in [9.17, 15) is 9.59 Å². The summed E-state index contributed by atoms with van der Waals surface area (Å²) in [6.07, 6.45) is 1.28. The lowest BCUT2D eigenvalue weighted by molar-refractivity contribution is -0.141. The lowest BCUT2D eigenvalue weighted by Crippen LogP contribution is -2.33. The molecule has 1 heterocycles. The van der Waals surface area contributed by atoms with E-state index in [1.54, 1.807) is 6.07 Å². The van der Waals surface area contributed by atoms with Crippen molar-refractivity contribution in [3.8, 4) is 0 Å². The number of carboxylic acid groups (broad SMARTS) is 1. The molecule has 0 radical (unpaired) electrons. The average molecular weight is 282 g/mol. The second-order valence-electron chi connectivity index (χ2n) is 5.86. The Labute approximate surface area is 118 Å². The van der Waals surface area contributed by atoms with Crippen molar-refractivity contribution in [2.75, 3.05) is 6.54 Å². The van der Waals surface area contributed by atoms with Gasteiger partial charge in [-0.15, -0.1) is 0 Å². The van der Waals surface area contributed by atoms with Gasteiger partial charge < -0.3 is 14.9 Å². The van der Waals surface area contributed by atoms with Gasteiger partial charge in [-0.25, -0.2) is 0 Å². The van der Waals surface area contributed by atoms with E-state index in [2.05, 4.69) is 10.5 Å². The minimum Gasteiger partial charge on any atom is -0.481 e. The number of rotatable bonds is 6. The second kappa shape index (κ2) is 6.54. The minimum absolute atomic E-state index is 0.0969. The third kappa shape index (κ3) is 4.36. The lowest BCUT2D eigenvalue weighted by Gasteiger charge is -2.12. The van der Waals surface area contributed by atoms with Crippen LogP contribution in [0.1, 0.15) is 56.8 Å². The fraction of sp³-hybridized carbons (Fsp3) is 0.643. The number of carbonyl (C=O) groups excluding carboxylic acids is 1. The monoisotopic (exact) mass is 282 g/mol. The summed E-state index contributed by atoms with van der Waals surface area (Å²) in [4.78, 5) is 22.9. The molecule has 0 saturated heterocycles. The molecule has 1 unspecified atom stereocenters. The molecule has 0 aliphatic rings. The molecule has 1 aromatic heterocycles. The van der Waals surface area contributed by atoms with Crippen LogP contribution in [-0.2, 0) is 10.2 Å². The number of hydrogen-bond donors (Lipinski definition) is 2. The van der Waals surface area contributed by atoms with E-state index in [0.717, 1.165) is 6.42 Å². The largest absolute Gasteiger partial charge is 0.481 e. The number of amides is 1. The van der Waals surface area contributed by atoms with E-state index < -0.39 is 17.8 Å². The molecule has 6 heteroatoms. The van der Waals surface area contributed by atoms with Gasteiger partial charge in [0.1, 0.15) is 5.76 Å². The Hall–Kier alpha value is -1.85. The predicted molar refractivity (Wildman–Crippen MR) is 73.6 cm³/mol. The quantitative estimate of drug-likeness (QED) is 0.834. The van der Waals surface area contributed by atoms with Gasteiger partial charge in [-0.3, -0.25) is 9.59 Å². The van der Waals surface area contributed by atoms with E-state index in [4.69, 9.17) is 9.63 Å². The average Bonchev–Trinajstić information content (AvgIpc) is 2.83. The number of hydrogen-bond acceptors (Lipinski definition) is 4. The first-order valence-corrected chi connectivity index (χ1v) is 6.74. The summed E-state index contributed by atoms with van der Waals surface area (Å²) in [6, 6.07) is 1.59. The van der Waals surface area contributed by atoms with Crippen LogP contribution in [-0.4, -0.2) is 28.7 Å². The topological polar surface area (TPSA) is 92.4 Å². The summed E-state index contributed by atoms with van der Waals surface area (Å²) >= 11 is 0. The summed E-state index contributed by atoms with van der Waals surface area (Å²) in [5.41, 5.74) is -0.0484. The highest BCUT2D eigenvalue weighted by Crippen LogP contribution is 2.22. The third-order valence-electron chi connectivity index (χ3n) is 2.98. The summed E-state index contributed by atoms with van der Waals surface area (Å²) < 4.78 is 5.12. The van der Waals surface area contributed by atoms with Gasteiger partial charge in [-0.1, -0.05) is 39.3 Å². The zero-order chi connectivity index (χ0) is 15.3. The highest BCUT2D eigenvalue weighted by Gasteiger charge is 2.23. The maximum Gasteiger partial charge on any atom is 0.308 e. The maximum atomic E-state index is 11.9. The van der Waals surface area contributed by atoms with Crippen LogP contribution in [0.25, 0.3) is 0 Å². The van der Waals surface area contributed by atoms with Crippen LogP contribution in [0.3, 0.4) is 0 Å². The number of aromatic nitrogens is 1. The van der Waals surface area contributed by atoms with Gasteiger partial charge >= 0.3 is 5.97 Å². The molecule has 0 fully saturated rings. The summed E-state index contributed by atoms with van der Waals surface area (Å²) in [7, 11) is 0. The van der Waals surface area contributed by atoms with E-state index in [1.807, 2.05) is 27.7 Å². The van der Waals surface area contributed by atoms with Crippen molar-refractivity contribution < 1.29 is 19.2 Å². The predicted octanol–water partition coefficient (Wildman–Crippen LogP) is 2.20. The number of aliphatic carboxylic acids is 1. The molecule has 0 spiro atoms. The molecular formula is C14H22N2O4. The van der Waals surface area contributed by atoms with Gasteiger partial charge in [-0.05, 0) is 6.42 Å². The fourth-order valence-electron chi connectivity index (χ4n) is 1.70. The first kappa shape index (κ1) is 16.2. The summed E-state index contributed by atoms with van der Waals surface area (Å²) in [6.45, 7) is 7.87. The Bertz CT molecular complexity index is 474. The van der Waals surface area contributed by atoms with Gasteiger partial charge in [0, 0.05) is 18.0 Å². The van der Waals surface area contributed by atoms with Crippen molar-refractivity contribution in [2.24, 2.45) is 5.92 Å². The van der Waals surface area contributed by atoms with Crippen LogP contribution in [0.15, 0.2) is 10.6 Å². The molecule has 0 bridgehead atoms. The Morgan fingerprint density at radius 1 is 1.45 bits per heavy atom. The van der Waals surface area contributed by atoms with E-state index in [1.165, 1.54) is 0 Å². The standard InChI is InChI=1S/C14H22N2O4/c1-5-6-9(13(18)19)8-15-12(17)10-7-11(20-16-10)14(2,3)4/h7,9H,5-6,8H2,1-4H3,(H,15,17)(H,18,19). The van der Waals surface area contributed by atoms with Gasteiger partial charge in [0.25, 0.3) is 5.91 Å². The second-order valence-corrected chi connectivity index (χ2v) is 5.86. The Morgan fingerprint density at radius 3 is 2.55 bits per heavy atom. The van der Waals surface area contributed by atoms with Crippen molar-refractivity contribution >= 4 is 11.9 Å². The molecule has 0 aliphatic heterocycles. The molecular weight excluding hydrogens is 260 g/mol. The van der Waals surface area contributed by atoms with Gasteiger partial charge in [0.05, 0.1) is 5.92 Å². The molecule has 0 aliphatic carbocycles. The molecule has 112 valence electrons. The van der Waals surface area contributed by atoms with Crippen molar-refractivity contribution in [1.82, 2.24) is 10.5 Å². The molecule has 1 aromatic rings. The van der Waals surface area contributed by atoms with Crippen LogP contribution in [0.5, 0.6) is 0 Å². The van der Waals surface area contributed by atoms with Crippen molar-refractivity contribution in [1.29, 1.82) is 0 Å². The first-order valence-electron chi connectivity index (χ1n) is 6.74. The summed E-state index contributed by atoms with van der Waals surface area (Å²) in [5.74, 6) is -1.27. The fourth-order valence-corrected chi connectivity index (χ4v) is 1.70. The molecule has 6 nitrogen and oxygen atoms in total. The van der Waals surface area contributed by atoms with Crippen molar-refractivity contribution in [3.05, 3.63) is 17.5 Å². The number of nitrogens with zero attached hydrogens (tertiary/aromatic N) is 1. The molecule has 1 rings (SSSR count). The van der Waals surface area contributed by atoms with Crippen LogP contribution in [0.4, 0.5) is 0 Å². The summed E-state index contributed by atoms with van der Waals surface area (Å²) in [5, 5.41) is 15.3. The van der Waals surface area contributed by atoms with Crippen LogP contribution in [0.2, 0.25) is 0 Å². The zero-order valence-corrected chi connectivity index (χ0v) is 12.4. The van der Waals surface area contributed by atoms with Crippen molar-refractivity contribution in [3.63, 3.8) is 0 Å². The smallest absolute Gasteiger partial charge is 0.308 e. The van der Waals surface area contributed by atoms with Crippen LogP contribution < -0.4 is 5.32 Å². The van der Waals surface area contributed by atoms with Gasteiger partial charge in [-0.2, -0.15) is 0 Å². The molecule has 0 aromatic carbocycles. The number of carbonyl (C=O) groups is 2. The van der Waals surface area contributed by atoms with E-state index in [-0.39, 0.29) is 17.7 Å². The van der Waals surface area contributed by atoms with Crippen molar-refractivity contribution in [2.45, 2.75) is 46.0 Å². The zero-order valence-electron chi connectivity index (χ0n) is 12.4. The van der Waals surface area contributed by atoms with E-state index in [0.29, 0.717) is 12.2 Å². The highest BCUT2D eigenvalue weighted by atomic mass is 16.5. The molecule has 1 amide bonds. The Morgan fingerprint density at radius 2 is 2.10 bits per heavy atom. The van der Waals surface area contributed by atoms with Gasteiger partial charge in [0.2, 0.25) is 0 Å². The first-order chi connectivity index (χ1) is 9.25. The van der Waals surface area contributed by atoms with Gasteiger partial charge in [0.15, 0.2) is 5.69 Å². The minimum atomic E-state index is -0.900. The lowest BCUT2D eigenvalue weighted by atomic mass is 9.93. The van der Waals surface area contributed by atoms with Crippen LogP contribution >= 0.6 is 0 Å². The Balaban J connectivity index is 2.63. The number of carboxylic acids is 1. The third-order valence-corrected chi connectivity index (χ3v) is 2.98. The SMILES string of the molecule is CCCC(CNC(=O)c1cc(C(C)(C)C)on1)C(=O)O. The molecule has 20 heavy (non-hydrogen) atoms. The van der Waals surface area contributed by atoms with E-state index >= 15 is 0 Å². The molecule has 1 atom stereocenters. The molecule has 2 N–H and O–H groups in total. The maximum absolute atomic E-state index is 11.9. The number of nitrogens with one attached hydrogen (secondary N) is 1. The highest BCUT2D eigenvalue weighted by molar-refractivity contribution is 5.92. The molecule has 0 saturated carbocycles. The Kier molecular flexibility index (Phi) is 5.30. The normalized spacial score (nSPS) is 13.0. The van der Waals surface area contributed by atoms with Crippen LogP contribution in [0, 0.1) is 5.92 Å².